The second-order valence-electron chi connectivity index (χ2n) is 5.39. The number of halogens is 2. The first-order chi connectivity index (χ1) is 7.95. The van der Waals surface area contributed by atoms with Gasteiger partial charge >= 0.3 is 0 Å². The summed E-state index contributed by atoms with van der Waals surface area (Å²) in [6, 6.07) is 0.544. The fraction of sp³-hybridized carbons (Fsp3) is 0.923. The lowest BCUT2D eigenvalue weighted by atomic mass is 10.1. The van der Waals surface area contributed by atoms with E-state index in [-0.39, 0.29) is 48.8 Å². The van der Waals surface area contributed by atoms with E-state index in [0.717, 1.165) is 26.2 Å². The molecular weight excluding hydrogens is 285 g/mol. The summed E-state index contributed by atoms with van der Waals surface area (Å²) in [5, 5.41) is 3.32. The summed E-state index contributed by atoms with van der Waals surface area (Å²) >= 11 is 0. The normalized spacial score (nSPS) is 17.6. The average molecular weight is 314 g/mol. The Morgan fingerprint density at radius 1 is 1.00 bits per heavy atom. The van der Waals surface area contributed by atoms with Crippen LogP contribution in [0, 0.1) is 0 Å². The zero-order valence-electron chi connectivity index (χ0n) is 12.7. The number of nitrogens with one attached hydrogen (secondary N) is 1. The van der Waals surface area contributed by atoms with Crippen molar-refractivity contribution in [3.8, 4) is 0 Å². The van der Waals surface area contributed by atoms with Crippen molar-refractivity contribution in [2.24, 2.45) is 0 Å². The molecule has 0 saturated carbocycles. The first kappa shape index (κ1) is 21.3. The molecule has 1 rings (SSSR count). The molecule has 0 aliphatic carbocycles. The van der Waals surface area contributed by atoms with Crippen LogP contribution in [0.1, 0.15) is 34.6 Å². The molecule has 6 heteroatoms. The van der Waals surface area contributed by atoms with Gasteiger partial charge < -0.3 is 10.2 Å². The van der Waals surface area contributed by atoms with Crippen molar-refractivity contribution in [2.75, 3.05) is 26.2 Å². The zero-order valence-corrected chi connectivity index (χ0v) is 14.3. The van der Waals surface area contributed by atoms with Crippen molar-refractivity contribution in [2.45, 2.75) is 52.7 Å². The molecule has 1 aliphatic heterocycles. The molecule has 116 valence electrons. The van der Waals surface area contributed by atoms with Crippen LogP contribution >= 0.6 is 24.8 Å². The van der Waals surface area contributed by atoms with Gasteiger partial charge in [0.05, 0.1) is 6.04 Å². The van der Waals surface area contributed by atoms with Crippen molar-refractivity contribution in [3.63, 3.8) is 0 Å². The van der Waals surface area contributed by atoms with Gasteiger partial charge in [0.15, 0.2) is 0 Å². The molecule has 1 heterocycles. The third-order valence-electron chi connectivity index (χ3n) is 3.42. The van der Waals surface area contributed by atoms with Crippen LogP contribution in [0.4, 0.5) is 0 Å². The molecular formula is C13H29Cl2N3O. The van der Waals surface area contributed by atoms with Crippen molar-refractivity contribution >= 4 is 30.7 Å². The highest BCUT2D eigenvalue weighted by molar-refractivity contribution is 5.85. The van der Waals surface area contributed by atoms with Crippen molar-refractivity contribution in [1.29, 1.82) is 0 Å². The molecule has 0 aromatic rings. The summed E-state index contributed by atoms with van der Waals surface area (Å²) in [5.74, 6) is 0.261. The lowest BCUT2D eigenvalue weighted by Gasteiger charge is -2.38. The van der Waals surface area contributed by atoms with Gasteiger partial charge in [-0.15, -0.1) is 24.8 Å². The number of carbonyl (C=O) groups excluding carboxylic acids is 1. The van der Waals surface area contributed by atoms with Crippen LogP contribution in [0.15, 0.2) is 0 Å². The van der Waals surface area contributed by atoms with E-state index in [1.807, 2.05) is 11.8 Å². The molecule has 4 nitrogen and oxygen atoms in total. The summed E-state index contributed by atoms with van der Waals surface area (Å²) in [4.78, 5) is 16.8. The van der Waals surface area contributed by atoms with E-state index in [9.17, 15) is 4.79 Å². The molecule has 19 heavy (non-hydrogen) atoms. The Kier molecular flexibility index (Phi) is 11.0. The lowest BCUT2D eigenvalue weighted by molar-refractivity contribution is -0.140. The fourth-order valence-corrected chi connectivity index (χ4v) is 2.55. The maximum Gasteiger partial charge on any atom is 0.240 e. The van der Waals surface area contributed by atoms with E-state index < -0.39 is 0 Å². The molecule has 1 saturated heterocycles. The molecule has 0 spiro atoms. The highest BCUT2D eigenvalue weighted by Crippen LogP contribution is 2.11. The maximum atomic E-state index is 12.5. The van der Waals surface area contributed by atoms with E-state index in [4.69, 9.17) is 0 Å². The Balaban J connectivity index is 0. The van der Waals surface area contributed by atoms with Crippen molar-refractivity contribution in [1.82, 2.24) is 15.1 Å². The van der Waals surface area contributed by atoms with Gasteiger partial charge in [-0.1, -0.05) is 0 Å². The van der Waals surface area contributed by atoms with Crippen molar-refractivity contribution < 1.29 is 4.79 Å². The van der Waals surface area contributed by atoms with Gasteiger partial charge in [-0.25, -0.2) is 0 Å². The SMILES string of the molecule is CC(C(=O)N(C(C)C)C(C)C)N1CCNCC1.Cl.Cl. The minimum Gasteiger partial charge on any atom is -0.336 e. The van der Waals surface area contributed by atoms with Crippen LogP contribution in [-0.2, 0) is 4.79 Å². The number of hydrogen-bond acceptors (Lipinski definition) is 3. The third-order valence-corrected chi connectivity index (χ3v) is 3.42. The van der Waals surface area contributed by atoms with Gasteiger partial charge in [-0.05, 0) is 34.6 Å². The molecule has 1 atom stereocenters. The summed E-state index contributed by atoms with van der Waals surface area (Å²) < 4.78 is 0. The summed E-state index contributed by atoms with van der Waals surface area (Å²) in [6.07, 6.45) is 0. The highest BCUT2D eigenvalue weighted by Gasteiger charge is 2.29. The third kappa shape index (κ3) is 5.86. The first-order valence-corrected chi connectivity index (χ1v) is 6.72. The highest BCUT2D eigenvalue weighted by atomic mass is 35.5. The van der Waals surface area contributed by atoms with E-state index in [1.54, 1.807) is 0 Å². The fourth-order valence-electron chi connectivity index (χ4n) is 2.55. The minimum absolute atomic E-state index is 0. The summed E-state index contributed by atoms with van der Waals surface area (Å²) in [7, 11) is 0. The molecule has 1 aliphatic rings. The number of nitrogens with zero attached hydrogens (tertiary/aromatic N) is 2. The van der Waals surface area contributed by atoms with E-state index in [1.165, 1.54) is 0 Å². The molecule has 0 aromatic carbocycles. The van der Waals surface area contributed by atoms with Crippen LogP contribution in [0.5, 0.6) is 0 Å². The van der Waals surface area contributed by atoms with Crippen LogP contribution in [-0.4, -0.2) is 60.0 Å². The minimum atomic E-state index is 0. The number of hydrogen-bond donors (Lipinski definition) is 1. The number of carbonyl (C=O) groups is 1. The number of rotatable bonds is 4. The Morgan fingerprint density at radius 2 is 1.42 bits per heavy atom. The molecule has 0 aromatic heterocycles. The van der Waals surface area contributed by atoms with Gasteiger partial charge in [-0.3, -0.25) is 9.69 Å². The van der Waals surface area contributed by atoms with Gasteiger partial charge in [0, 0.05) is 38.3 Å². The van der Waals surface area contributed by atoms with E-state index in [0.29, 0.717) is 0 Å². The van der Waals surface area contributed by atoms with Gasteiger partial charge in [0.1, 0.15) is 0 Å². The molecule has 1 amide bonds. The molecule has 1 fully saturated rings. The second kappa shape index (κ2) is 9.81. The van der Waals surface area contributed by atoms with E-state index in [2.05, 4.69) is 37.9 Å². The van der Waals surface area contributed by atoms with Crippen LogP contribution < -0.4 is 5.32 Å². The Labute approximate surface area is 130 Å². The Morgan fingerprint density at radius 3 is 1.79 bits per heavy atom. The predicted molar refractivity (Wildman–Crippen MR) is 85.5 cm³/mol. The molecule has 1 N–H and O–H groups in total. The van der Waals surface area contributed by atoms with Gasteiger partial charge in [-0.2, -0.15) is 0 Å². The average Bonchev–Trinajstić information content (AvgIpc) is 2.28. The topological polar surface area (TPSA) is 35.6 Å². The molecule has 0 bridgehead atoms. The first-order valence-electron chi connectivity index (χ1n) is 6.72. The van der Waals surface area contributed by atoms with Crippen LogP contribution in [0.3, 0.4) is 0 Å². The molecule has 1 unspecified atom stereocenters. The van der Waals surface area contributed by atoms with Crippen molar-refractivity contribution in [3.05, 3.63) is 0 Å². The summed E-state index contributed by atoms with van der Waals surface area (Å²) in [6.45, 7) is 14.3. The monoisotopic (exact) mass is 313 g/mol. The van der Waals surface area contributed by atoms with E-state index >= 15 is 0 Å². The second-order valence-corrected chi connectivity index (χ2v) is 5.39. The quantitative estimate of drug-likeness (QED) is 0.859. The Bertz CT molecular complexity index is 248. The smallest absolute Gasteiger partial charge is 0.240 e. The number of piperazine rings is 1. The van der Waals surface area contributed by atoms with Gasteiger partial charge in [0.2, 0.25) is 5.91 Å². The Hall–Kier alpha value is -0.0300. The van der Waals surface area contributed by atoms with Crippen LogP contribution in [0.2, 0.25) is 0 Å². The standard InChI is InChI=1S/C13H27N3O.2ClH/c1-10(2)16(11(3)4)13(17)12(5)15-8-6-14-7-9-15;;/h10-12,14H,6-9H2,1-5H3;2*1H. The maximum absolute atomic E-state index is 12.5. The zero-order chi connectivity index (χ0) is 13.0. The number of amides is 1. The predicted octanol–water partition coefficient (Wildman–Crippen LogP) is 1.77. The largest absolute Gasteiger partial charge is 0.336 e. The van der Waals surface area contributed by atoms with Gasteiger partial charge in [0.25, 0.3) is 0 Å². The summed E-state index contributed by atoms with van der Waals surface area (Å²) in [5.41, 5.74) is 0. The lowest BCUT2D eigenvalue weighted by Crippen LogP contribution is -2.55. The molecule has 0 radical (unpaired) electrons. The van der Waals surface area contributed by atoms with Crippen LogP contribution in [0.25, 0.3) is 0 Å².